The van der Waals surface area contributed by atoms with E-state index in [0.29, 0.717) is 23.3 Å². The number of phenolic OH excluding ortho intramolecular Hbond substituents is 1. The van der Waals surface area contributed by atoms with Crippen molar-refractivity contribution >= 4 is 26.8 Å². The van der Waals surface area contributed by atoms with Gasteiger partial charge in [0, 0.05) is 24.4 Å². The third-order valence-electron chi connectivity index (χ3n) is 5.45. The van der Waals surface area contributed by atoms with Crippen molar-refractivity contribution in [1.82, 2.24) is 25.4 Å². The Balaban J connectivity index is 1.47. The molecule has 29 heavy (non-hydrogen) atoms. The van der Waals surface area contributed by atoms with Crippen molar-refractivity contribution in [3.8, 4) is 28.1 Å². The van der Waals surface area contributed by atoms with Gasteiger partial charge >= 0.3 is 0 Å². The number of hydrogen-bond acceptors (Lipinski definition) is 7. The number of hydrogen-bond donors (Lipinski definition) is 2. The van der Waals surface area contributed by atoms with Crippen molar-refractivity contribution in [2.45, 2.75) is 31.5 Å². The molecule has 3 heterocycles. The molecule has 0 saturated heterocycles. The molecular weight excluding hydrogens is 391 g/mol. The molecule has 1 fully saturated rings. The lowest BCUT2D eigenvalue weighted by atomic mass is 10.0. The Morgan fingerprint density at radius 3 is 2.83 bits per heavy atom. The summed E-state index contributed by atoms with van der Waals surface area (Å²) < 4.78 is 15.0. The Morgan fingerprint density at radius 2 is 2.10 bits per heavy atom. The highest BCUT2D eigenvalue weighted by atomic mass is 32.1. The maximum Gasteiger partial charge on any atom is 0.194 e. The normalized spacial score (nSPS) is 19.1. The predicted molar refractivity (Wildman–Crippen MR) is 111 cm³/mol. The third kappa shape index (κ3) is 3.21. The highest BCUT2D eigenvalue weighted by Crippen LogP contribution is 2.36. The summed E-state index contributed by atoms with van der Waals surface area (Å²) in [4.78, 5) is 6.45. The quantitative estimate of drug-likeness (QED) is 0.525. The van der Waals surface area contributed by atoms with Crippen LogP contribution >= 0.6 is 11.3 Å². The number of aromatic nitrogens is 5. The fourth-order valence-electron chi connectivity index (χ4n) is 3.82. The Bertz CT molecular complexity index is 1160. The van der Waals surface area contributed by atoms with Gasteiger partial charge in [0.25, 0.3) is 0 Å². The van der Waals surface area contributed by atoms with E-state index in [1.807, 2.05) is 30.1 Å². The fourth-order valence-corrected chi connectivity index (χ4v) is 4.78. The maximum atomic E-state index is 14.1. The van der Waals surface area contributed by atoms with E-state index in [-0.39, 0.29) is 11.8 Å². The first kappa shape index (κ1) is 18.0. The van der Waals surface area contributed by atoms with Crippen LogP contribution in [-0.2, 0) is 0 Å². The van der Waals surface area contributed by atoms with Gasteiger partial charge < -0.3 is 10.0 Å². The van der Waals surface area contributed by atoms with Crippen molar-refractivity contribution in [2.24, 2.45) is 0 Å². The number of thiazole rings is 1. The number of rotatable bonds is 4. The van der Waals surface area contributed by atoms with Crippen molar-refractivity contribution in [3.05, 3.63) is 36.7 Å². The third-order valence-corrected chi connectivity index (χ3v) is 6.53. The van der Waals surface area contributed by atoms with Crippen molar-refractivity contribution < 1.29 is 9.50 Å². The van der Waals surface area contributed by atoms with Gasteiger partial charge in [-0.25, -0.2) is 4.39 Å². The predicted octanol–water partition coefficient (Wildman–Crippen LogP) is 4.18. The molecule has 4 aromatic rings. The lowest BCUT2D eigenvalue weighted by molar-refractivity contribution is 0.307. The van der Waals surface area contributed by atoms with Crippen molar-refractivity contribution in [3.63, 3.8) is 0 Å². The lowest BCUT2D eigenvalue weighted by Gasteiger charge is -2.25. The average molecular weight is 410 g/mol. The molecule has 0 spiro atoms. The zero-order chi connectivity index (χ0) is 20.0. The molecule has 2 N–H and O–H groups in total. The van der Waals surface area contributed by atoms with Gasteiger partial charge in [-0.15, -0.1) is 10.2 Å². The molecule has 2 atom stereocenters. The van der Waals surface area contributed by atoms with E-state index in [2.05, 4.69) is 25.4 Å². The van der Waals surface area contributed by atoms with E-state index in [1.54, 1.807) is 18.5 Å². The molecule has 0 amide bonds. The maximum absolute atomic E-state index is 14.1. The van der Waals surface area contributed by atoms with Crippen LogP contribution in [0, 0.1) is 0 Å². The van der Waals surface area contributed by atoms with Crippen LogP contribution in [0.25, 0.3) is 32.7 Å². The number of nitrogens with zero attached hydrogens (tertiary/aromatic N) is 5. The summed E-state index contributed by atoms with van der Waals surface area (Å²) in [6.45, 7) is 0. The van der Waals surface area contributed by atoms with Gasteiger partial charge in [0.2, 0.25) is 0 Å². The van der Waals surface area contributed by atoms with Crippen molar-refractivity contribution in [1.29, 1.82) is 0 Å². The summed E-state index contributed by atoms with van der Waals surface area (Å²) in [5, 5.41) is 26.4. The van der Waals surface area contributed by atoms with E-state index >= 15 is 0 Å². The van der Waals surface area contributed by atoms with Crippen LogP contribution in [0.5, 0.6) is 5.75 Å². The minimum Gasteiger partial charge on any atom is -0.507 e. The Hall–Kier alpha value is -3.07. The molecular formula is C20H19FN6OS. The number of nitrogens with one attached hydrogen (secondary N) is 1. The Labute approximate surface area is 170 Å². The van der Waals surface area contributed by atoms with Gasteiger partial charge in [-0.2, -0.15) is 10.1 Å². The van der Waals surface area contributed by atoms with E-state index in [4.69, 9.17) is 0 Å². The molecule has 3 aromatic heterocycles. The summed E-state index contributed by atoms with van der Waals surface area (Å²) in [5.74, 6) is 0.116. The van der Waals surface area contributed by atoms with E-state index in [0.717, 1.165) is 33.8 Å². The van der Waals surface area contributed by atoms with Crippen LogP contribution < -0.4 is 4.90 Å². The number of phenols is 1. The minimum atomic E-state index is -0.820. The highest BCUT2D eigenvalue weighted by Gasteiger charge is 2.31. The van der Waals surface area contributed by atoms with Crippen LogP contribution in [0.3, 0.4) is 0 Å². The summed E-state index contributed by atoms with van der Waals surface area (Å²) in [7, 11) is 1.88. The van der Waals surface area contributed by atoms with E-state index < -0.39 is 6.17 Å². The zero-order valence-corrected chi connectivity index (χ0v) is 16.5. The molecule has 148 valence electrons. The summed E-state index contributed by atoms with van der Waals surface area (Å²) in [6, 6.07) is 7.13. The molecule has 0 radical (unpaired) electrons. The number of anilines is 1. The molecule has 1 aliphatic rings. The zero-order valence-electron chi connectivity index (χ0n) is 15.7. The van der Waals surface area contributed by atoms with Gasteiger partial charge in [-0.3, -0.25) is 5.10 Å². The number of H-pyrrole nitrogens is 1. The largest absolute Gasteiger partial charge is 0.507 e. The fraction of sp³-hybridized carbons (Fsp3) is 0.300. The van der Waals surface area contributed by atoms with Crippen LogP contribution in [0.2, 0.25) is 0 Å². The second kappa shape index (κ2) is 7.07. The lowest BCUT2D eigenvalue weighted by Crippen LogP contribution is -2.35. The molecule has 9 heteroatoms. The number of alkyl halides is 1. The second-order valence-electron chi connectivity index (χ2n) is 7.26. The summed E-state index contributed by atoms with van der Waals surface area (Å²) in [5.41, 5.74) is 3.43. The first-order valence-electron chi connectivity index (χ1n) is 9.44. The first-order valence-corrected chi connectivity index (χ1v) is 10.3. The van der Waals surface area contributed by atoms with E-state index in [9.17, 15) is 9.50 Å². The molecule has 5 rings (SSSR count). The second-order valence-corrected chi connectivity index (χ2v) is 8.27. The van der Waals surface area contributed by atoms with Gasteiger partial charge in [0.05, 0.1) is 22.6 Å². The monoisotopic (exact) mass is 410 g/mol. The first-order chi connectivity index (χ1) is 14.1. The Kier molecular flexibility index (Phi) is 4.39. The molecule has 7 nitrogen and oxygen atoms in total. The van der Waals surface area contributed by atoms with Gasteiger partial charge in [-0.05, 0) is 43.0 Å². The molecule has 0 unspecified atom stereocenters. The van der Waals surface area contributed by atoms with E-state index in [1.165, 1.54) is 11.3 Å². The molecule has 1 saturated carbocycles. The van der Waals surface area contributed by atoms with Crippen molar-refractivity contribution in [2.75, 3.05) is 11.9 Å². The topological polar surface area (TPSA) is 90.8 Å². The number of aromatic amines is 1. The summed E-state index contributed by atoms with van der Waals surface area (Å²) in [6.07, 6.45) is 4.99. The average Bonchev–Trinajstić information content (AvgIpc) is 3.47. The number of benzene rings is 1. The van der Waals surface area contributed by atoms with Gasteiger partial charge in [-0.1, -0.05) is 17.4 Å². The minimum absolute atomic E-state index is 0.116. The smallest absolute Gasteiger partial charge is 0.194 e. The van der Waals surface area contributed by atoms with Gasteiger partial charge in [0.1, 0.15) is 11.9 Å². The number of fused-ring (bicyclic) bond motifs is 1. The number of aromatic hydroxyl groups is 1. The number of halogens is 1. The van der Waals surface area contributed by atoms with Crippen LogP contribution in [0.15, 0.2) is 36.7 Å². The van der Waals surface area contributed by atoms with Crippen LogP contribution in [-0.4, -0.2) is 49.7 Å². The molecule has 0 aliphatic heterocycles. The molecule has 1 aliphatic carbocycles. The molecule has 0 bridgehead atoms. The van der Waals surface area contributed by atoms with Crippen LogP contribution in [0.4, 0.5) is 9.52 Å². The summed E-state index contributed by atoms with van der Waals surface area (Å²) >= 11 is 1.46. The van der Waals surface area contributed by atoms with Gasteiger partial charge in [0.15, 0.2) is 10.8 Å². The molecule has 1 aromatic carbocycles. The standard InChI is InChI=1S/C20H19FN6OS/c1-27(16-4-2-3-14(16)21)20-24-19-18(29-20)8-15(25-26-19)13-6-5-11(7-17(13)28)12-9-22-23-10-12/h5-10,14,16,28H,2-4H2,1H3,(H,22,23)/t14-,16+/m0/s1. The highest BCUT2D eigenvalue weighted by molar-refractivity contribution is 7.22. The Morgan fingerprint density at radius 1 is 1.21 bits per heavy atom. The SMILES string of the molecule is CN(c1nc2nnc(-c3ccc(-c4cn[nH]c4)cc3O)cc2s1)[C@@H]1CCC[C@@H]1F. The van der Waals surface area contributed by atoms with Crippen LogP contribution in [0.1, 0.15) is 19.3 Å².